The molecule has 0 atom stereocenters. The summed E-state index contributed by atoms with van der Waals surface area (Å²) in [5, 5.41) is 9.79. The van der Waals surface area contributed by atoms with Crippen molar-refractivity contribution in [2.75, 3.05) is 7.11 Å². The van der Waals surface area contributed by atoms with Crippen molar-refractivity contribution in [1.29, 1.82) is 0 Å². The molecule has 0 unspecified atom stereocenters. The molecule has 0 bridgehead atoms. The van der Waals surface area contributed by atoms with Gasteiger partial charge in [-0.3, -0.25) is 0 Å². The lowest BCUT2D eigenvalue weighted by atomic mass is 10.1. The third-order valence-electron chi connectivity index (χ3n) is 2.23. The van der Waals surface area contributed by atoms with E-state index in [2.05, 4.69) is 21.4 Å². The Balaban J connectivity index is 3.06. The fourth-order valence-corrected chi connectivity index (χ4v) is 1.78. The van der Waals surface area contributed by atoms with Gasteiger partial charge in [0.15, 0.2) is 0 Å². The number of aryl methyl sites for hydroxylation is 1. The molecule has 0 heterocycles. The largest absolute Gasteiger partial charge is 0.506 e. The Hall–Kier alpha value is -0.580. The molecule has 1 aromatic carbocycles. The summed E-state index contributed by atoms with van der Waals surface area (Å²) in [5.41, 5.74) is 5.72. The third-order valence-corrected chi connectivity index (χ3v) is 3.20. The Morgan fingerprint density at radius 1 is 1.50 bits per heavy atom. The zero-order valence-corrected chi connectivity index (χ0v) is 10.1. The van der Waals surface area contributed by atoms with E-state index in [1.165, 1.54) is 0 Å². The first-order valence-electron chi connectivity index (χ1n) is 4.31. The maximum absolute atomic E-state index is 9.79. The lowest BCUT2D eigenvalue weighted by Gasteiger charge is -2.11. The van der Waals surface area contributed by atoms with Crippen LogP contribution in [0.15, 0.2) is 10.5 Å². The summed E-state index contributed by atoms with van der Waals surface area (Å²) >= 11 is 3.35. The van der Waals surface area contributed by atoms with Crippen LogP contribution in [-0.2, 0) is 11.4 Å². The number of halogens is 1. The molecule has 78 valence electrons. The van der Waals surface area contributed by atoms with E-state index in [9.17, 15) is 5.11 Å². The number of phenolic OH excluding ortho intramolecular Hbond substituents is 1. The molecule has 1 aromatic rings. The molecule has 0 saturated heterocycles. The van der Waals surface area contributed by atoms with Crippen LogP contribution in [0.3, 0.4) is 0 Å². The number of hydrogen-bond acceptors (Lipinski definition) is 3. The van der Waals surface area contributed by atoms with Crippen LogP contribution < -0.4 is 5.48 Å². The summed E-state index contributed by atoms with van der Waals surface area (Å²) in [6.07, 6.45) is 0. The number of hydrogen-bond donors (Lipinski definition) is 2. The molecule has 4 heteroatoms. The van der Waals surface area contributed by atoms with Gasteiger partial charge in [0.05, 0.1) is 11.6 Å². The molecular formula is C10H14BrNO2. The van der Waals surface area contributed by atoms with Gasteiger partial charge in [-0.1, -0.05) is 6.07 Å². The summed E-state index contributed by atoms with van der Waals surface area (Å²) in [6.45, 7) is 4.46. The maximum atomic E-state index is 9.79. The first kappa shape index (κ1) is 11.5. The molecule has 3 nitrogen and oxygen atoms in total. The predicted octanol–water partition coefficient (Wildman–Crippen LogP) is 2.42. The Labute approximate surface area is 92.2 Å². The van der Waals surface area contributed by atoms with Gasteiger partial charge in [-0.25, -0.2) is 0 Å². The maximum Gasteiger partial charge on any atom is 0.134 e. The van der Waals surface area contributed by atoms with Crippen LogP contribution in [0.1, 0.15) is 16.7 Å². The molecule has 0 fully saturated rings. The highest BCUT2D eigenvalue weighted by Gasteiger charge is 2.10. The fourth-order valence-electron chi connectivity index (χ4n) is 1.21. The molecule has 0 aliphatic carbocycles. The first-order valence-corrected chi connectivity index (χ1v) is 5.10. The third kappa shape index (κ3) is 2.26. The Morgan fingerprint density at radius 2 is 2.14 bits per heavy atom. The number of rotatable bonds is 3. The summed E-state index contributed by atoms with van der Waals surface area (Å²) < 4.78 is 0.755. The van der Waals surface area contributed by atoms with Crippen molar-refractivity contribution in [3.05, 3.63) is 27.2 Å². The molecule has 0 amide bonds. The van der Waals surface area contributed by atoms with E-state index in [1.54, 1.807) is 7.11 Å². The Kier molecular flexibility index (Phi) is 3.92. The number of hydroxylamine groups is 1. The molecule has 2 N–H and O–H groups in total. The van der Waals surface area contributed by atoms with Crippen molar-refractivity contribution in [3.8, 4) is 5.75 Å². The van der Waals surface area contributed by atoms with Crippen molar-refractivity contribution >= 4 is 15.9 Å². The summed E-state index contributed by atoms with van der Waals surface area (Å²) in [6, 6.07) is 1.95. The second-order valence-corrected chi connectivity index (χ2v) is 3.96. The van der Waals surface area contributed by atoms with Crippen LogP contribution >= 0.6 is 15.9 Å². The number of benzene rings is 1. The first-order chi connectivity index (χ1) is 6.57. The van der Waals surface area contributed by atoms with Crippen LogP contribution in [-0.4, -0.2) is 12.2 Å². The van der Waals surface area contributed by atoms with E-state index in [-0.39, 0.29) is 5.75 Å². The monoisotopic (exact) mass is 259 g/mol. The van der Waals surface area contributed by atoms with Gasteiger partial charge in [-0.2, -0.15) is 5.48 Å². The quantitative estimate of drug-likeness (QED) is 0.820. The van der Waals surface area contributed by atoms with E-state index >= 15 is 0 Å². The summed E-state index contributed by atoms with van der Waals surface area (Å²) in [7, 11) is 1.55. The van der Waals surface area contributed by atoms with E-state index in [1.807, 2.05) is 19.9 Å². The van der Waals surface area contributed by atoms with E-state index in [0.717, 1.165) is 21.2 Å². The van der Waals surface area contributed by atoms with E-state index in [4.69, 9.17) is 4.84 Å². The second kappa shape index (κ2) is 4.77. The van der Waals surface area contributed by atoms with Gasteiger partial charge in [0, 0.05) is 12.1 Å². The average molecular weight is 260 g/mol. The standard InChI is InChI=1S/C10H14BrNO2/c1-6-4-8(5-12-14-3)10(13)9(11)7(6)2/h4,12-13H,5H2,1-3H3. The predicted molar refractivity (Wildman–Crippen MR) is 59.1 cm³/mol. The van der Waals surface area contributed by atoms with Crippen molar-refractivity contribution in [1.82, 2.24) is 5.48 Å². The molecular weight excluding hydrogens is 246 g/mol. The number of nitrogens with one attached hydrogen (secondary N) is 1. The molecule has 1 rings (SSSR count). The zero-order chi connectivity index (χ0) is 10.7. The Morgan fingerprint density at radius 3 is 2.71 bits per heavy atom. The van der Waals surface area contributed by atoms with Crippen molar-refractivity contribution in [3.63, 3.8) is 0 Å². The van der Waals surface area contributed by atoms with Crippen molar-refractivity contribution < 1.29 is 9.94 Å². The summed E-state index contributed by atoms with van der Waals surface area (Å²) in [5.74, 6) is 0.276. The highest BCUT2D eigenvalue weighted by Crippen LogP contribution is 2.33. The van der Waals surface area contributed by atoms with E-state index in [0.29, 0.717) is 6.54 Å². The lowest BCUT2D eigenvalue weighted by Crippen LogP contribution is -2.11. The lowest BCUT2D eigenvalue weighted by molar-refractivity contribution is 0.0861. The smallest absolute Gasteiger partial charge is 0.134 e. The highest BCUT2D eigenvalue weighted by molar-refractivity contribution is 9.10. The van der Waals surface area contributed by atoms with Gasteiger partial charge in [0.2, 0.25) is 0 Å². The van der Waals surface area contributed by atoms with Gasteiger partial charge >= 0.3 is 0 Å². The van der Waals surface area contributed by atoms with Crippen LogP contribution in [0.25, 0.3) is 0 Å². The molecule has 14 heavy (non-hydrogen) atoms. The van der Waals surface area contributed by atoms with E-state index < -0.39 is 0 Å². The normalized spacial score (nSPS) is 10.6. The second-order valence-electron chi connectivity index (χ2n) is 3.17. The minimum absolute atomic E-state index is 0.276. The van der Waals surface area contributed by atoms with Crippen molar-refractivity contribution in [2.24, 2.45) is 0 Å². The topological polar surface area (TPSA) is 41.5 Å². The number of aromatic hydroxyl groups is 1. The van der Waals surface area contributed by atoms with Crippen LogP contribution in [0.5, 0.6) is 5.75 Å². The molecule has 0 aliphatic rings. The minimum atomic E-state index is 0.276. The highest BCUT2D eigenvalue weighted by atomic mass is 79.9. The van der Waals surface area contributed by atoms with Crippen LogP contribution in [0, 0.1) is 13.8 Å². The van der Waals surface area contributed by atoms with Crippen molar-refractivity contribution in [2.45, 2.75) is 20.4 Å². The summed E-state index contributed by atoms with van der Waals surface area (Å²) in [4.78, 5) is 4.73. The van der Waals surface area contributed by atoms with Gasteiger partial charge < -0.3 is 9.94 Å². The molecule has 0 aliphatic heterocycles. The molecule has 0 radical (unpaired) electrons. The van der Waals surface area contributed by atoms with Crippen LogP contribution in [0.2, 0.25) is 0 Å². The zero-order valence-electron chi connectivity index (χ0n) is 8.52. The van der Waals surface area contributed by atoms with Gasteiger partial charge in [-0.05, 0) is 40.9 Å². The van der Waals surface area contributed by atoms with Crippen LogP contribution in [0.4, 0.5) is 0 Å². The van der Waals surface area contributed by atoms with Gasteiger partial charge in [0.25, 0.3) is 0 Å². The molecule has 0 spiro atoms. The minimum Gasteiger partial charge on any atom is -0.506 e. The van der Waals surface area contributed by atoms with Gasteiger partial charge in [-0.15, -0.1) is 0 Å². The molecule has 0 aromatic heterocycles. The fraction of sp³-hybridized carbons (Fsp3) is 0.400. The molecule has 0 saturated carbocycles. The average Bonchev–Trinajstić information content (AvgIpc) is 2.18. The SMILES string of the molecule is CONCc1cc(C)c(C)c(Br)c1O. The Bertz CT molecular complexity index is 339. The number of phenols is 1. The van der Waals surface area contributed by atoms with Gasteiger partial charge in [0.1, 0.15) is 5.75 Å².